The second-order valence-electron chi connectivity index (χ2n) is 6.70. The van der Waals surface area contributed by atoms with Gasteiger partial charge in [-0.05, 0) is 50.6 Å². The zero-order valence-corrected chi connectivity index (χ0v) is 15.8. The number of hydrogen-bond acceptors (Lipinski definition) is 4. The molecular weight excluding hydrogens is 336 g/mol. The van der Waals surface area contributed by atoms with Gasteiger partial charge in [0.05, 0.1) is 11.1 Å². The lowest BCUT2D eigenvalue weighted by atomic mass is 10.1. The predicted octanol–water partition coefficient (Wildman–Crippen LogP) is 3.87. The van der Waals surface area contributed by atoms with Gasteiger partial charge in [-0.25, -0.2) is 4.98 Å². The van der Waals surface area contributed by atoms with E-state index in [0.717, 1.165) is 27.6 Å². The quantitative estimate of drug-likeness (QED) is 0.679. The topological polar surface area (TPSA) is 77.8 Å². The molecule has 1 heterocycles. The SMILES string of the molecule is Cc1ccc(C(=O)NCCNc2nc3c(C)cc(C)cc3cc2C#N)cc1. The molecule has 136 valence electrons. The standard InChI is InChI=1S/C22H22N4O/c1-14-4-6-17(7-5-14)22(27)25-9-8-24-21-19(13-23)12-18-11-15(2)10-16(3)20(18)26-21/h4-7,10-12H,8-9H2,1-3H3,(H,24,26)(H,25,27). The molecule has 0 fully saturated rings. The first-order chi connectivity index (χ1) is 13.0. The summed E-state index contributed by atoms with van der Waals surface area (Å²) in [5, 5.41) is 16.4. The average molecular weight is 358 g/mol. The van der Waals surface area contributed by atoms with Crippen molar-refractivity contribution in [2.75, 3.05) is 18.4 Å². The molecule has 0 aliphatic rings. The van der Waals surface area contributed by atoms with Crippen molar-refractivity contribution in [1.82, 2.24) is 10.3 Å². The van der Waals surface area contributed by atoms with E-state index in [1.54, 1.807) is 0 Å². The molecule has 2 N–H and O–H groups in total. The Morgan fingerprint density at radius 2 is 1.78 bits per heavy atom. The number of carbonyl (C=O) groups is 1. The van der Waals surface area contributed by atoms with Gasteiger partial charge in [0.15, 0.2) is 0 Å². The number of aryl methyl sites for hydroxylation is 3. The van der Waals surface area contributed by atoms with Crippen LogP contribution in [-0.2, 0) is 0 Å². The minimum absolute atomic E-state index is 0.116. The molecule has 0 spiro atoms. The van der Waals surface area contributed by atoms with Gasteiger partial charge in [-0.3, -0.25) is 4.79 Å². The molecule has 0 bridgehead atoms. The number of nitrogens with one attached hydrogen (secondary N) is 2. The molecule has 5 heteroatoms. The summed E-state index contributed by atoms with van der Waals surface area (Å²) in [6, 6.07) is 15.6. The fourth-order valence-electron chi connectivity index (χ4n) is 3.04. The van der Waals surface area contributed by atoms with Crippen molar-refractivity contribution in [2.24, 2.45) is 0 Å². The van der Waals surface area contributed by atoms with E-state index in [-0.39, 0.29) is 5.91 Å². The Morgan fingerprint density at radius 3 is 2.48 bits per heavy atom. The van der Waals surface area contributed by atoms with Crippen molar-refractivity contribution < 1.29 is 4.79 Å². The molecule has 0 unspecified atom stereocenters. The van der Waals surface area contributed by atoms with Gasteiger partial charge >= 0.3 is 0 Å². The summed E-state index contributed by atoms with van der Waals surface area (Å²) < 4.78 is 0. The Labute approximate surface area is 159 Å². The fraction of sp³-hybridized carbons (Fsp3) is 0.227. The van der Waals surface area contributed by atoms with Gasteiger partial charge in [-0.15, -0.1) is 0 Å². The first-order valence-corrected chi connectivity index (χ1v) is 8.89. The number of pyridine rings is 1. The lowest BCUT2D eigenvalue weighted by molar-refractivity contribution is 0.0955. The molecule has 0 aliphatic carbocycles. The lowest BCUT2D eigenvalue weighted by Gasteiger charge is -2.11. The summed E-state index contributed by atoms with van der Waals surface area (Å²) in [5.74, 6) is 0.427. The molecule has 3 aromatic rings. The second-order valence-corrected chi connectivity index (χ2v) is 6.70. The summed E-state index contributed by atoms with van der Waals surface area (Å²) >= 11 is 0. The van der Waals surface area contributed by atoms with E-state index < -0.39 is 0 Å². The second kappa shape index (κ2) is 7.88. The highest BCUT2D eigenvalue weighted by atomic mass is 16.1. The maximum atomic E-state index is 12.1. The molecular formula is C22H22N4O. The molecule has 0 atom stereocenters. The van der Waals surface area contributed by atoms with Crippen LogP contribution in [0.2, 0.25) is 0 Å². The minimum Gasteiger partial charge on any atom is -0.367 e. The van der Waals surface area contributed by atoms with Crippen LogP contribution in [0.3, 0.4) is 0 Å². The van der Waals surface area contributed by atoms with Crippen LogP contribution < -0.4 is 10.6 Å². The molecule has 5 nitrogen and oxygen atoms in total. The summed E-state index contributed by atoms with van der Waals surface area (Å²) in [7, 11) is 0. The number of carbonyl (C=O) groups excluding carboxylic acids is 1. The summed E-state index contributed by atoms with van der Waals surface area (Å²) in [6.45, 7) is 6.94. The molecule has 0 saturated carbocycles. The van der Waals surface area contributed by atoms with Crippen LogP contribution in [0.25, 0.3) is 10.9 Å². The van der Waals surface area contributed by atoms with E-state index in [9.17, 15) is 10.1 Å². The molecule has 27 heavy (non-hydrogen) atoms. The van der Waals surface area contributed by atoms with E-state index in [1.165, 1.54) is 0 Å². The minimum atomic E-state index is -0.116. The number of hydrogen-bond donors (Lipinski definition) is 2. The Hall–Kier alpha value is -3.39. The van der Waals surface area contributed by atoms with Gasteiger partial charge < -0.3 is 10.6 Å². The van der Waals surface area contributed by atoms with Gasteiger partial charge in [0.25, 0.3) is 5.91 Å². The number of nitriles is 1. The zero-order valence-electron chi connectivity index (χ0n) is 15.8. The number of rotatable bonds is 5. The summed E-state index contributed by atoms with van der Waals surface area (Å²) in [6.07, 6.45) is 0. The third-order valence-electron chi connectivity index (χ3n) is 4.39. The van der Waals surface area contributed by atoms with Crippen molar-refractivity contribution in [1.29, 1.82) is 5.26 Å². The molecule has 0 radical (unpaired) electrons. The van der Waals surface area contributed by atoms with Gasteiger partial charge in [0.1, 0.15) is 11.9 Å². The maximum Gasteiger partial charge on any atom is 0.251 e. The smallest absolute Gasteiger partial charge is 0.251 e. The van der Waals surface area contributed by atoms with E-state index in [4.69, 9.17) is 0 Å². The van der Waals surface area contributed by atoms with Crippen LogP contribution in [-0.4, -0.2) is 24.0 Å². The van der Waals surface area contributed by atoms with Crippen LogP contribution in [0, 0.1) is 32.1 Å². The molecule has 0 aliphatic heterocycles. The first-order valence-electron chi connectivity index (χ1n) is 8.89. The van der Waals surface area contributed by atoms with E-state index in [0.29, 0.717) is 30.0 Å². The average Bonchev–Trinajstić information content (AvgIpc) is 2.65. The zero-order chi connectivity index (χ0) is 19.4. The van der Waals surface area contributed by atoms with Crippen LogP contribution in [0.5, 0.6) is 0 Å². The Morgan fingerprint density at radius 1 is 1.04 bits per heavy atom. The summed E-state index contributed by atoms with van der Waals surface area (Å²) in [5.41, 5.74) is 5.34. The van der Waals surface area contributed by atoms with Crippen molar-refractivity contribution in [2.45, 2.75) is 20.8 Å². The number of aromatic nitrogens is 1. The summed E-state index contributed by atoms with van der Waals surface area (Å²) in [4.78, 5) is 16.8. The van der Waals surface area contributed by atoms with Crippen LogP contribution >= 0.6 is 0 Å². The van der Waals surface area contributed by atoms with Gasteiger partial charge in [-0.2, -0.15) is 5.26 Å². The third kappa shape index (κ3) is 4.24. The number of fused-ring (bicyclic) bond motifs is 1. The predicted molar refractivity (Wildman–Crippen MR) is 108 cm³/mol. The molecule has 0 saturated heterocycles. The van der Waals surface area contributed by atoms with Crippen molar-refractivity contribution in [3.05, 3.63) is 70.3 Å². The number of amides is 1. The van der Waals surface area contributed by atoms with Crippen LogP contribution in [0.4, 0.5) is 5.82 Å². The largest absolute Gasteiger partial charge is 0.367 e. The molecule has 3 rings (SSSR count). The normalized spacial score (nSPS) is 10.4. The molecule has 1 aromatic heterocycles. The van der Waals surface area contributed by atoms with E-state index >= 15 is 0 Å². The van der Waals surface area contributed by atoms with Crippen LogP contribution in [0.1, 0.15) is 32.6 Å². The number of nitrogens with zero attached hydrogens (tertiary/aromatic N) is 2. The highest BCUT2D eigenvalue weighted by molar-refractivity contribution is 5.94. The fourth-order valence-corrected chi connectivity index (χ4v) is 3.04. The van der Waals surface area contributed by atoms with Crippen molar-refractivity contribution >= 4 is 22.6 Å². The Balaban J connectivity index is 1.67. The molecule has 1 amide bonds. The van der Waals surface area contributed by atoms with Crippen molar-refractivity contribution in [3.8, 4) is 6.07 Å². The highest BCUT2D eigenvalue weighted by Gasteiger charge is 2.09. The van der Waals surface area contributed by atoms with Gasteiger partial charge in [-0.1, -0.05) is 29.3 Å². The van der Waals surface area contributed by atoms with Crippen molar-refractivity contribution in [3.63, 3.8) is 0 Å². The van der Waals surface area contributed by atoms with E-state index in [2.05, 4.69) is 27.8 Å². The first kappa shape index (κ1) is 18.4. The molecule has 2 aromatic carbocycles. The Bertz CT molecular complexity index is 1030. The van der Waals surface area contributed by atoms with Gasteiger partial charge in [0.2, 0.25) is 0 Å². The third-order valence-corrected chi connectivity index (χ3v) is 4.39. The lowest BCUT2D eigenvalue weighted by Crippen LogP contribution is -2.29. The number of anilines is 1. The van der Waals surface area contributed by atoms with Gasteiger partial charge in [0, 0.05) is 24.0 Å². The van der Waals surface area contributed by atoms with E-state index in [1.807, 2.05) is 57.2 Å². The highest BCUT2D eigenvalue weighted by Crippen LogP contribution is 2.23. The monoisotopic (exact) mass is 358 g/mol. The number of benzene rings is 2. The maximum absolute atomic E-state index is 12.1. The van der Waals surface area contributed by atoms with Crippen LogP contribution in [0.15, 0.2) is 42.5 Å². The Kier molecular flexibility index (Phi) is 5.37.